The highest BCUT2D eigenvalue weighted by Gasteiger charge is 2.47. The molecule has 1 N–H and O–H groups in total. The van der Waals surface area contributed by atoms with E-state index in [-0.39, 0.29) is 16.8 Å². The van der Waals surface area contributed by atoms with Crippen LogP contribution in [0.5, 0.6) is 0 Å². The molecule has 5 nitrogen and oxygen atoms in total. The summed E-state index contributed by atoms with van der Waals surface area (Å²) >= 11 is 3.37. The summed E-state index contributed by atoms with van der Waals surface area (Å²) in [5.41, 5.74) is 3.04. The average molecular weight is 416 g/mol. The molecule has 0 aliphatic carbocycles. The summed E-state index contributed by atoms with van der Waals surface area (Å²) in [5.74, 6) is 1.10. The zero-order chi connectivity index (χ0) is 19.7. The van der Waals surface area contributed by atoms with Crippen molar-refractivity contribution in [2.45, 2.75) is 31.6 Å². The summed E-state index contributed by atoms with van der Waals surface area (Å²) in [4.78, 5) is 30.3. The number of hydrogen-bond donors (Lipinski definition) is 1. The third-order valence-electron chi connectivity index (χ3n) is 5.70. The third kappa shape index (κ3) is 3.53. The number of anilines is 1. The van der Waals surface area contributed by atoms with E-state index in [0.29, 0.717) is 13.1 Å². The van der Waals surface area contributed by atoms with Gasteiger partial charge in [-0.05, 0) is 49.3 Å². The van der Waals surface area contributed by atoms with E-state index in [4.69, 9.17) is 0 Å². The van der Waals surface area contributed by atoms with E-state index in [0.717, 1.165) is 46.8 Å². The van der Waals surface area contributed by atoms with Gasteiger partial charge in [-0.25, -0.2) is 4.79 Å². The Morgan fingerprint density at radius 3 is 2.39 bits per heavy atom. The Balaban J connectivity index is 1.42. The van der Waals surface area contributed by atoms with Gasteiger partial charge in [-0.3, -0.25) is 4.79 Å². The number of nitrogens with one attached hydrogen (secondary N) is 1. The van der Waals surface area contributed by atoms with Gasteiger partial charge in [0, 0.05) is 31.1 Å². The van der Waals surface area contributed by atoms with Crippen LogP contribution in [0.15, 0.2) is 35.7 Å². The standard InChI is InChI=1S/C21H25N3O2S2/c1-15-5-3-6-16(2)18(15)22-20(26)23-10-8-21(9-11-23)24(12-14-28-21)19(25)17-7-4-13-27-17/h3-7,13H,8-12,14H2,1-2H3,(H,22,26). The highest BCUT2D eigenvalue weighted by molar-refractivity contribution is 8.00. The Labute approximate surface area is 174 Å². The van der Waals surface area contributed by atoms with Crippen LogP contribution in [0.3, 0.4) is 0 Å². The number of carbonyl (C=O) groups is 2. The Morgan fingerprint density at radius 1 is 1.04 bits per heavy atom. The lowest BCUT2D eigenvalue weighted by Gasteiger charge is -2.43. The van der Waals surface area contributed by atoms with Gasteiger partial charge < -0.3 is 15.1 Å². The molecule has 2 aliphatic heterocycles. The predicted octanol–water partition coefficient (Wildman–Crippen LogP) is 4.58. The molecule has 2 aliphatic rings. The SMILES string of the molecule is Cc1cccc(C)c1NC(=O)N1CCC2(CC1)SCCN2C(=O)c1cccs1. The summed E-state index contributed by atoms with van der Waals surface area (Å²) in [6.07, 6.45) is 1.63. The third-order valence-corrected chi connectivity index (χ3v) is 8.11. The summed E-state index contributed by atoms with van der Waals surface area (Å²) in [5, 5.41) is 5.03. The Hall–Kier alpha value is -1.99. The number of carbonyl (C=O) groups excluding carboxylic acids is 2. The molecule has 0 radical (unpaired) electrons. The maximum Gasteiger partial charge on any atom is 0.321 e. The molecular weight excluding hydrogens is 390 g/mol. The first-order chi connectivity index (χ1) is 13.5. The minimum Gasteiger partial charge on any atom is -0.324 e. The molecule has 1 aromatic carbocycles. The van der Waals surface area contributed by atoms with Gasteiger partial charge in [-0.1, -0.05) is 24.3 Å². The van der Waals surface area contributed by atoms with Crippen LogP contribution in [-0.2, 0) is 0 Å². The molecule has 3 heterocycles. The molecule has 2 aromatic rings. The van der Waals surface area contributed by atoms with E-state index < -0.39 is 0 Å². The van der Waals surface area contributed by atoms with Crippen LogP contribution in [0.4, 0.5) is 10.5 Å². The van der Waals surface area contributed by atoms with Crippen molar-refractivity contribution in [3.05, 3.63) is 51.7 Å². The number of benzene rings is 1. The molecule has 2 fully saturated rings. The van der Waals surface area contributed by atoms with Crippen LogP contribution in [0, 0.1) is 13.8 Å². The van der Waals surface area contributed by atoms with Gasteiger partial charge in [0.05, 0.1) is 9.75 Å². The quantitative estimate of drug-likeness (QED) is 0.781. The molecule has 0 unspecified atom stereocenters. The van der Waals surface area contributed by atoms with Crippen molar-refractivity contribution in [2.24, 2.45) is 0 Å². The number of likely N-dealkylation sites (tertiary alicyclic amines) is 1. The first kappa shape index (κ1) is 19.3. The number of nitrogens with zero attached hydrogens (tertiary/aromatic N) is 2. The number of aryl methyl sites for hydroxylation is 2. The van der Waals surface area contributed by atoms with E-state index in [1.165, 1.54) is 11.3 Å². The summed E-state index contributed by atoms with van der Waals surface area (Å²) < 4.78 is 0. The van der Waals surface area contributed by atoms with Crippen LogP contribution in [0.2, 0.25) is 0 Å². The first-order valence-electron chi connectivity index (χ1n) is 9.62. The lowest BCUT2D eigenvalue weighted by molar-refractivity contribution is 0.0590. The van der Waals surface area contributed by atoms with Gasteiger partial charge in [0.25, 0.3) is 5.91 Å². The van der Waals surface area contributed by atoms with Crippen molar-refractivity contribution in [1.29, 1.82) is 0 Å². The Bertz CT molecular complexity index is 854. The Morgan fingerprint density at radius 2 is 1.75 bits per heavy atom. The van der Waals surface area contributed by atoms with Crippen LogP contribution >= 0.6 is 23.1 Å². The van der Waals surface area contributed by atoms with Crippen molar-refractivity contribution in [2.75, 3.05) is 30.7 Å². The van der Waals surface area contributed by atoms with Crippen LogP contribution < -0.4 is 5.32 Å². The Kier molecular flexibility index (Phi) is 5.38. The largest absolute Gasteiger partial charge is 0.324 e. The van der Waals surface area contributed by atoms with Crippen molar-refractivity contribution in [1.82, 2.24) is 9.80 Å². The molecule has 1 aromatic heterocycles. The molecule has 7 heteroatoms. The lowest BCUT2D eigenvalue weighted by atomic mass is 10.0. The van der Waals surface area contributed by atoms with Gasteiger partial charge >= 0.3 is 6.03 Å². The smallest absolute Gasteiger partial charge is 0.321 e. The molecule has 148 valence electrons. The molecule has 0 saturated carbocycles. The molecule has 1 spiro atoms. The average Bonchev–Trinajstić information content (AvgIpc) is 3.35. The number of urea groups is 1. The molecular formula is C21H25N3O2S2. The second-order valence-corrected chi connectivity index (χ2v) is 9.82. The maximum absolute atomic E-state index is 12.9. The monoisotopic (exact) mass is 415 g/mol. The van der Waals surface area contributed by atoms with Gasteiger partial charge in [-0.15, -0.1) is 23.1 Å². The maximum atomic E-state index is 12.9. The molecule has 0 atom stereocenters. The molecule has 4 rings (SSSR count). The molecule has 0 bridgehead atoms. The highest BCUT2D eigenvalue weighted by atomic mass is 32.2. The van der Waals surface area contributed by atoms with Crippen molar-refractivity contribution >= 4 is 40.7 Å². The fraction of sp³-hybridized carbons (Fsp3) is 0.429. The number of piperidine rings is 1. The first-order valence-corrected chi connectivity index (χ1v) is 11.5. The second kappa shape index (κ2) is 7.79. The van der Waals surface area contributed by atoms with Crippen LogP contribution in [0.1, 0.15) is 33.6 Å². The fourth-order valence-electron chi connectivity index (χ4n) is 4.10. The normalized spacial score (nSPS) is 18.5. The summed E-state index contributed by atoms with van der Waals surface area (Å²) in [7, 11) is 0. The van der Waals surface area contributed by atoms with Gasteiger partial charge in [0.15, 0.2) is 0 Å². The number of amides is 3. The number of hydrogen-bond acceptors (Lipinski definition) is 4. The molecule has 3 amide bonds. The van der Waals surface area contributed by atoms with Crippen molar-refractivity contribution in [3.8, 4) is 0 Å². The minimum absolute atomic E-state index is 0.0496. The van der Waals surface area contributed by atoms with E-state index in [9.17, 15) is 9.59 Å². The molecule has 28 heavy (non-hydrogen) atoms. The zero-order valence-corrected chi connectivity index (χ0v) is 17.9. The number of thioether (sulfide) groups is 1. The van der Waals surface area contributed by atoms with Crippen molar-refractivity contribution < 1.29 is 9.59 Å². The molecule has 2 saturated heterocycles. The van der Waals surface area contributed by atoms with Crippen LogP contribution in [0.25, 0.3) is 0 Å². The van der Waals surface area contributed by atoms with Crippen molar-refractivity contribution in [3.63, 3.8) is 0 Å². The zero-order valence-electron chi connectivity index (χ0n) is 16.2. The second-order valence-electron chi connectivity index (χ2n) is 7.41. The predicted molar refractivity (Wildman–Crippen MR) is 116 cm³/mol. The van der Waals surface area contributed by atoms with Gasteiger partial charge in [-0.2, -0.15) is 0 Å². The van der Waals surface area contributed by atoms with Gasteiger partial charge in [0.2, 0.25) is 0 Å². The topological polar surface area (TPSA) is 52.7 Å². The number of rotatable bonds is 2. The van der Waals surface area contributed by atoms with Gasteiger partial charge in [0.1, 0.15) is 0 Å². The van der Waals surface area contributed by atoms with E-state index in [2.05, 4.69) is 5.32 Å². The van der Waals surface area contributed by atoms with E-state index in [1.54, 1.807) is 0 Å². The number of para-hydroxylation sites is 1. The van der Waals surface area contributed by atoms with E-state index in [1.807, 2.05) is 71.1 Å². The summed E-state index contributed by atoms with van der Waals surface area (Å²) in [6, 6.07) is 9.80. The lowest BCUT2D eigenvalue weighted by Crippen LogP contribution is -2.54. The fourth-order valence-corrected chi connectivity index (χ4v) is 6.23. The van der Waals surface area contributed by atoms with Crippen LogP contribution in [-0.4, -0.2) is 52.0 Å². The summed E-state index contributed by atoms with van der Waals surface area (Å²) in [6.45, 7) is 6.14. The highest BCUT2D eigenvalue weighted by Crippen LogP contribution is 2.44. The van der Waals surface area contributed by atoms with E-state index >= 15 is 0 Å². The minimum atomic E-state index is -0.170. The number of thiophene rings is 1.